The minimum atomic E-state index is -0.300. The van der Waals surface area contributed by atoms with Crippen LogP contribution in [-0.4, -0.2) is 39.3 Å². The van der Waals surface area contributed by atoms with Gasteiger partial charge in [-0.05, 0) is 25.2 Å². The number of nitrogens with zero attached hydrogens (tertiary/aromatic N) is 3. The second-order valence-electron chi connectivity index (χ2n) is 7.19. The van der Waals surface area contributed by atoms with E-state index in [9.17, 15) is 5.11 Å². The molecular weight excluding hydrogens is 302 g/mol. The van der Waals surface area contributed by atoms with Gasteiger partial charge in [0.05, 0.1) is 12.1 Å². The predicted octanol–water partition coefficient (Wildman–Crippen LogP) is 3.42. The Balaban J connectivity index is 1.50. The topological polar surface area (TPSA) is 62.4 Å². The molecule has 0 spiro atoms. The molecule has 1 aliphatic heterocycles. The molecule has 24 heavy (non-hydrogen) atoms. The minimum absolute atomic E-state index is 0.0480. The summed E-state index contributed by atoms with van der Waals surface area (Å²) in [4.78, 5) is 6.96. The summed E-state index contributed by atoms with van der Waals surface area (Å²) in [5, 5.41) is 14.3. The Kier molecular flexibility index (Phi) is 4.63. The van der Waals surface area contributed by atoms with Gasteiger partial charge in [-0.25, -0.2) is 0 Å². The third-order valence-electron chi connectivity index (χ3n) is 5.36. The normalized spacial score (nSPS) is 26.0. The maximum Gasteiger partial charge on any atom is 0.244 e. The van der Waals surface area contributed by atoms with Crippen molar-refractivity contribution < 1.29 is 9.63 Å². The van der Waals surface area contributed by atoms with Crippen molar-refractivity contribution in [3.8, 4) is 11.4 Å². The van der Waals surface area contributed by atoms with Gasteiger partial charge in [0, 0.05) is 18.7 Å². The van der Waals surface area contributed by atoms with Crippen molar-refractivity contribution in [3.63, 3.8) is 0 Å². The molecule has 0 radical (unpaired) electrons. The summed E-state index contributed by atoms with van der Waals surface area (Å²) < 4.78 is 5.56. The molecule has 0 amide bonds. The molecule has 1 N–H and O–H groups in total. The van der Waals surface area contributed by atoms with Gasteiger partial charge in [-0.2, -0.15) is 4.98 Å². The van der Waals surface area contributed by atoms with Crippen LogP contribution in [0.15, 0.2) is 34.9 Å². The summed E-state index contributed by atoms with van der Waals surface area (Å²) in [6.45, 7) is 1.75. The smallest absolute Gasteiger partial charge is 0.244 e. The summed E-state index contributed by atoms with van der Waals surface area (Å²) in [6, 6.07) is 9.94. The van der Waals surface area contributed by atoms with Crippen molar-refractivity contribution in [3.05, 3.63) is 36.2 Å². The van der Waals surface area contributed by atoms with Crippen LogP contribution in [0.4, 0.5) is 0 Å². The summed E-state index contributed by atoms with van der Waals surface area (Å²) >= 11 is 0. The van der Waals surface area contributed by atoms with Gasteiger partial charge < -0.3 is 9.63 Å². The second-order valence-corrected chi connectivity index (χ2v) is 7.19. The lowest BCUT2D eigenvalue weighted by molar-refractivity contribution is 0.147. The van der Waals surface area contributed by atoms with Crippen molar-refractivity contribution in [2.45, 2.75) is 50.7 Å². The van der Waals surface area contributed by atoms with Gasteiger partial charge in [0.15, 0.2) is 0 Å². The number of likely N-dealkylation sites (tertiary alicyclic amines) is 1. The van der Waals surface area contributed by atoms with E-state index in [0.29, 0.717) is 24.7 Å². The van der Waals surface area contributed by atoms with Gasteiger partial charge in [0.25, 0.3) is 0 Å². The Labute approximate surface area is 142 Å². The summed E-state index contributed by atoms with van der Waals surface area (Å²) in [6.07, 6.45) is 7.03. The second kappa shape index (κ2) is 7.03. The third kappa shape index (κ3) is 3.37. The Morgan fingerprint density at radius 2 is 1.92 bits per heavy atom. The Bertz CT molecular complexity index is 652. The van der Waals surface area contributed by atoms with Gasteiger partial charge >= 0.3 is 0 Å². The number of aliphatic hydroxyl groups excluding tert-OH is 1. The van der Waals surface area contributed by atoms with Gasteiger partial charge in [0.1, 0.15) is 0 Å². The van der Waals surface area contributed by atoms with Crippen molar-refractivity contribution >= 4 is 0 Å². The van der Waals surface area contributed by atoms with E-state index in [-0.39, 0.29) is 12.1 Å². The van der Waals surface area contributed by atoms with E-state index in [2.05, 4.69) is 15.0 Å². The first-order valence-corrected chi connectivity index (χ1v) is 9.11. The lowest BCUT2D eigenvalue weighted by Crippen LogP contribution is -2.31. The molecule has 2 fully saturated rings. The maximum atomic E-state index is 10.2. The van der Waals surface area contributed by atoms with Crippen LogP contribution in [0.25, 0.3) is 11.4 Å². The zero-order valence-electron chi connectivity index (χ0n) is 14.0. The number of hydrogen-bond donors (Lipinski definition) is 1. The molecule has 1 aromatic carbocycles. The number of aliphatic hydroxyl groups is 1. The fraction of sp³-hybridized carbons (Fsp3) is 0.579. The third-order valence-corrected chi connectivity index (χ3v) is 5.36. The highest BCUT2D eigenvalue weighted by atomic mass is 16.5. The van der Waals surface area contributed by atoms with E-state index in [0.717, 1.165) is 18.0 Å². The molecule has 1 aromatic heterocycles. The molecule has 5 heteroatoms. The number of β-amino-alcohol motifs (C(OH)–C–C–N with tert-alkyl or cyclic N) is 1. The van der Waals surface area contributed by atoms with Crippen LogP contribution in [0, 0.1) is 5.92 Å². The first kappa shape index (κ1) is 15.8. The molecule has 1 saturated heterocycles. The summed E-state index contributed by atoms with van der Waals surface area (Å²) in [5.74, 6) is 2.01. The average molecular weight is 327 g/mol. The number of aromatic nitrogens is 2. The monoisotopic (exact) mass is 327 g/mol. The zero-order chi connectivity index (χ0) is 16.4. The molecule has 5 nitrogen and oxygen atoms in total. The standard InChI is InChI=1S/C19H25N3O2/c23-16-11-17(22(13-16)12-14-7-3-1-4-8-14)19-20-18(21-24-19)15-9-5-2-6-10-15/h2,5-6,9-10,14,16-17,23H,1,3-4,7-8,11-13H2. The summed E-state index contributed by atoms with van der Waals surface area (Å²) in [7, 11) is 0. The fourth-order valence-electron chi connectivity index (χ4n) is 4.11. The molecule has 2 aromatic rings. The highest BCUT2D eigenvalue weighted by Gasteiger charge is 2.37. The molecule has 1 aliphatic carbocycles. The van der Waals surface area contributed by atoms with E-state index in [4.69, 9.17) is 4.52 Å². The van der Waals surface area contributed by atoms with Crippen LogP contribution < -0.4 is 0 Å². The number of rotatable bonds is 4. The molecule has 4 rings (SSSR count). The molecule has 2 heterocycles. The molecule has 1 saturated carbocycles. The van der Waals surface area contributed by atoms with E-state index in [1.54, 1.807) is 0 Å². The average Bonchev–Trinajstić information content (AvgIpc) is 3.23. The quantitative estimate of drug-likeness (QED) is 0.932. The largest absolute Gasteiger partial charge is 0.392 e. The van der Waals surface area contributed by atoms with Gasteiger partial charge in [-0.1, -0.05) is 54.8 Å². The maximum absolute atomic E-state index is 10.2. The van der Waals surface area contributed by atoms with E-state index < -0.39 is 0 Å². The Morgan fingerprint density at radius 3 is 2.71 bits per heavy atom. The summed E-state index contributed by atoms with van der Waals surface area (Å²) in [5.41, 5.74) is 0.963. The van der Waals surface area contributed by atoms with Crippen molar-refractivity contribution in [1.82, 2.24) is 15.0 Å². The van der Waals surface area contributed by atoms with Gasteiger partial charge in [0.2, 0.25) is 11.7 Å². The molecule has 2 unspecified atom stereocenters. The SMILES string of the molecule is OC1CC(c2nc(-c3ccccc3)no2)N(CC2CCCCC2)C1. The Morgan fingerprint density at radius 1 is 1.12 bits per heavy atom. The van der Waals surface area contributed by atoms with E-state index in [1.165, 1.54) is 32.1 Å². The first-order chi connectivity index (χ1) is 11.8. The lowest BCUT2D eigenvalue weighted by Gasteiger charge is -2.29. The van der Waals surface area contributed by atoms with Crippen molar-refractivity contribution in [2.75, 3.05) is 13.1 Å². The Hall–Kier alpha value is -1.72. The van der Waals surface area contributed by atoms with Gasteiger partial charge in [-0.15, -0.1) is 0 Å². The van der Waals surface area contributed by atoms with Crippen molar-refractivity contribution in [2.24, 2.45) is 5.92 Å². The van der Waals surface area contributed by atoms with Crippen LogP contribution in [-0.2, 0) is 0 Å². The highest BCUT2D eigenvalue weighted by molar-refractivity contribution is 5.53. The molecular formula is C19H25N3O2. The molecule has 128 valence electrons. The molecule has 0 bridgehead atoms. The van der Waals surface area contributed by atoms with Crippen molar-refractivity contribution in [1.29, 1.82) is 0 Å². The predicted molar refractivity (Wildman–Crippen MR) is 91.2 cm³/mol. The van der Waals surface area contributed by atoms with Crippen LogP contribution in [0.1, 0.15) is 50.5 Å². The number of hydrogen-bond acceptors (Lipinski definition) is 5. The molecule has 2 atom stereocenters. The molecule has 2 aliphatic rings. The van der Waals surface area contributed by atoms with Crippen LogP contribution in [0.5, 0.6) is 0 Å². The van der Waals surface area contributed by atoms with E-state index in [1.807, 2.05) is 30.3 Å². The van der Waals surface area contributed by atoms with E-state index >= 15 is 0 Å². The zero-order valence-corrected chi connectivity index (χ0v) is 14.0. The fourth-order valence-corrected chi connectivity index (χ4v) is 4.11. The van der Waals surface area contributed by atoms with Gasteiger partial charge in [-0.3, -0.25) is 4.90 Å². The minimum Gasteiger partial charge on any atom is -0.392 e. The van der Waals surface area contributed by atoms with Crippen LogP contribution in [0.2, 0.25) is 0 Å². The van der Waals surface area contributed by atoms with Crippen LogP contribution in [0.3, 0.4) is 0 Å². The van der Waals surface area contributed by atoms with Crippen LogP contribution >= 0.6 is 0 Å². The first-order valence-electron chi connectivity index (χ1n) is 9.11. The lowest BCUT2D eigenvalue weighted by atomic mass is 9.89. The number of benzene rings is 1. The highest BCUT2D eigenvalue weighted by Crippen LogP contribution is 2.35.